The van der Waals surface area contributed by atoms with Crippen LogP contribution in [-0.2, 0) is 21.4 Å². The summed E-state index contributed by atoms with van der Waals surface area (Å²) in [5.41, 5.74) is 1.34. The number of amides is 1. The van der Waals surface area contributed by atoms with Gasteiger partial charge in [-0.15, -0.1) is 0 Å². The largest absolute Gasteiger partial charge is 0.495 e. The van der Waals surface area contributed by atoms with Gasteiger partial charge >= 0.3 is 0 Å². The number of rotatable bonds is 13. The lowest BCUT2D eigenvalue weighted by Gasteiger charge is -2.24. The predicted octanol–water partition coefficient (Wildman–Crippen LogP) is 3.36. The van der Waals surface area contributed by atoms with E-state index in [9.17, 15) is 13.2 Å². The van der Waals surface area contributed by atoms with Crippen molar-refractivity contribution in [2.24, 2.45) is 0 Å². The van der Waals surface area contributed by atoms with Gasteiger partial charge in [-0.1, -0.05) is 18.2 Å². The van der Waals surface area contributed by atoms with Gasteiger partial charge in [0.15, 0.2) is 11.5 Å². The molecule has 0 aliphatic carbocycles. The number of nitrogens with one attached hydrogen (secondary N) is 1. The molecule has 0 bridgehead atoms. The Morgan fingerprint density at radius 1 is 1.00 bits per heavy atom. The minimum absolute atomic E-state index is 0.162. The first-order chi connectivity index (χ1) is 15.3. The average molecular weight is 465 g/mol. The van der Waals surface area contributed by atoms with Gasteiger partial charge in [-0.25, -0.2) is 8.42 Å². The molecular weight excluding hydrogens is 432 g/mol. The van der Waals surface area contributed by atoms with E-state index in [0.29, 0.717) is 49.1 Å². The number of methoxy groups -OCH3 is 1. The molecule has 0 heterocycles. The van der Waals surface area contributed by atoms with Crippen LogP contribution in [0.2, 0.25) is 0 Å². The molecule has 0 unspecified atom stereocenters. The fourth-order valence-electron chi connectivity index (χ4n) is 3.18. The summed E-state index contributed by atoms with van der Waals surface area (Å²) < 4.78 is 42.3. The van der Waals surface area contributed by atoms with Gasteiger partial charge in [0.05, 0.1) is 32.3 Å². The Morgan fingerprint density at radius 2 is 1.69 bits per heavy atom. The summed E-state index contributed by atoms with van der Waals surface area (Å²) in [7, 11) is -2.04. The van der Waals surface area contributed by atoms with Crippen molar-refractivity contribution >= 4 is 21.6 Å². The lowest BCUT2D eigenvalue weighted by atomic mass is 10.2. The standard InChI is InChI=1S/C23H32N2O6S/c1-5-30-21-14-13-18(16-22(21)31-6-2)17-24-23(26)12-9-15-25(32(4,27)28)19-10-7-8-11-20(19)29-3/h7-8,10-11,13-14,16H,5-6,9,12,15,17H2,1-4H3,(H,24,26). The van der Waals surface area contributed by atoms with E-state index in [2.05, 4.69) is 5.32 Å². The van der Waals surface area contributed by atoms with Gasteiger partial charge in [0.1, 0.15) is 5.75 Å². The van der Waals surface area contributed by atoms with E-state index >= 15 is 0 Å². The van der Waals surface area contributed by atoms with Crippen LogP contribution in [0, 0.1) is 0 Å². The first kappa shape index (κ1) is 25.3. The van der Waals surface area contributed by atoms with Crippen LogP contribution in [0.15, 0.2) is 42.5 Å². The quantitative estimate of drug-likeness (QED) is 0.489. The Labute approximate surface area is 190 Å². The van der Waals surface area contributed by atoms with Crippen LogP contribution in [0.4, 0.5) is 5.69 Å². The SMILES string of the molecule is CCOc1ccc(CNC(=O)CCCN(c2ccccc2OC)S(C)(=O)=O)cc1OCC. The normalized spacial score (nSPS) is 11.0. The van der Waals surface area contributed by atoms with Crippen LogP contribution in [0.1, 0.15) is 32.3 Å². The average Bonchev–Trinajstić information content (AvgIpc) is 2.76. The van der Waals surface area contributed by atoms with E-state index in [1.54, 1.807) is 24.3 Å². The van der Waals surface area contributed by atoms with Crippen molar-refractivity contribution < 1.29 is 27.4 Å². The van der Waals surface area contributed by atoms with Gasteiger partial charge in [-0.3, -0.25) is 9.10 Å². The maximum absolute atomic E-state index is 12.3. The third-order valence-electron chi connectivity index (χ3n) is 4.62. The summed E-state index contributed by atoms with van der Waals surface area (Å²) in [4.78, 5) is 12.3. The number of benzene rings is 2. The van der Waals surface area contributed by atoms with Gasteiger partial charge in [0.2, 0.25) is 15.9 Å². The lowest BCUT2D eigenvalue weighted by molar-refractivity contribution is -0.121. The molecule has 32 heavy (non-hydrogen) atoms. The van der Waals surface area contributed by atoms with Crippen LogP contribution < -0.4 is 23.8 Å². The maximum Gasteiger partial charge on any atom is 0.232 e. The Balaban J connectivity index is 1.94. The number of carbonyl (C=O) groups is 1. The Bertz CT molecular complexity index is 994. The molecule has 0 aliphatic heterocycles. The molecule has 0 fully saturated rings. The van der Waals surface area contributed by atoms with Crippen molar-refractivity contribution in [2.45, 2.75) is 33.2 Å². The summed E-state index contributed by atoms with van der Waals surface area (Å²) >= 11 is 0. The highest BCUT2D eigenvalue weighted by molar-refractivity contribution is 7.92. The Morgan fingerprint density at radius 3 is 2.34 bits per heavy atom. The molecular formula is C23H32N2O6S. The number of hydrogen-bond acceptors (Lipinski definition) is 6. The number of hydrogen-bond donors (Lipinski definition) is 1. The minimum Gasteiger partial charge on any atom is -0.495 e. The second-order valence-electron chi connectivity index (χ2n) is 7.03. The van der Waals surface area contributed by atoms with Crippen molar-refractivity contribution in [2.75, 3.05) is 37.4 Å². The smallest absolute Gasteiger partial charge is 0.232 e. The van der Waals surface area contributed by atoms with Crippen molar-refractivity contribution in [3.05, 3.63) is 48.0 Å². The Kier molecular flexibility index (Phi) is 9.64. The highest BCUT2D eigenvalue weighted by Gasteiger charge is 2.20. The third-order valence-corrected chi connectivity index (χ3v) is 5.80. The molecule has 0 spiro atoms. The van der Waals surface area contributed by atoms with Gasteiger partial charge in [0.25, 0.3) is 0 Å². The highest BCUT2D eigenvalue weighted by Crippen LogP contribution is 2.30. The molecule has 0 aliphatic rings. The number of carbonyl (C=O) groups excluding carboxylic acids is 1. The van der Waals surface area contributed by atoms with Gasteiger partial charge in [-0.05, 0) is 50.1 Å². The van der Waals surface area contributed by atoms with Crippen LogP contribution in [-0.4, -0.2) is 47.4 Å². The Hall–Kier alpha value is -2.94. The zero-order chi connectivity index (χ0) is 23.6. The molecule has 1 amide bonds. The maximum atomic E-state index is 12.3. The number of ether oxygens (including phenoxy) is 3. The summed E-state index contributed by atoms with van der Waals surface area (Å²) in [6.07, 6.45) is 1.70. The number of nitrogens with zero attached hydrogens (tertiary/aromatic N) is 1. The lowest BCUT2D eigenvalue weighted by Crippen LogP contribution is -2.32. The van der Waals surface area contributed by atoms with E-state index in [4.69, 9.17) is 14.2 Å². The van der Waals surface area contributed by atoms with Gasteiger partial charge < -0.3 is 19.5 Å². The zero-order valence-corrected chi connectivity index (χ0v) is 19.9. The van der Waals surface area contributed by atoms with Crippen LogP contribution in [0.5, 0.6) is 17.2 Å². The van der Waals surface area contributed by atoms with Crippen molar-refractivity contribution in [1.29, 1.82) is 0 Å². The molecule has 0 saturated carbocycles. The minimum atomic E-state index is -3.53. The molecule has 0 radical (unpaired) electrons. The molecule has 9 heteroatoms. The van der Waals surface area contributed by atoms with E-state index < -0.39 is 10.0 Å². The molecule has 8 nitrogen and oxygen atoms in total. The number of sulfonamides is 1. The zero-order valence-electron chi connectivity index (χ0n) is 19.1. The van der Waals surface area contributed by atoms with Crippen LogP contribution >= 0.6 is 0 Å². The first-order valence-electron chi connectivity index (χ1n) is 10.6. The summed E-state index contributed by atoms with van der Waals surface area (Å²) in [5, 5.41) is 2.87. The second-order valence-corrected chi connectivity index (χ2v) is 8.94. The molecule has 2 rings (SSSR count). The molecule has 0 atom stereocenters. The molecule has 2 aromatic carbocycles. The first-order valence-corrected chi connectivity index (χ1v) is 12.4. The van der Waals surface area contributed by atoms with Gasteiger partial charge in [0, 0.05) is 19.5 Å². The molecule has 0 aromatic heterocycles. The summed E-state index contributed by atoms with van der Waals surface area (Å²) in [6, 6.07) is 12.5. The molecule has 176 valence electrons. The van der Waals surface area contributed by atoms with E-state index in [-0.39, 0.29) is 18.9 Å². The fraction of sp³-hybridized carbons (Fsp3) is 0.435. The molecule has 1 N–H and O–H groups in total. The second kappa shape index (κ2) is 12.2. The topological polar surface area (TPSA) is 94.2 Å². The summed E-state index contributed by atoms with van der Waals surface area (Å²) in [5.74, 6) is 1.61. The fourth-order valence-corrected chi connectivity index (χ4v) is 4.15. The van der Waals surface area contributed by atoms with Crippen molar-refractivity contribution in [3.8, 4) is 17.2 Å². The third kappa shape index (κ3) is 7.33. The van der Waals surface area contributed by atoms with E-state index in [1.807, 2.05) is 32.0 Å². The number of anilines is 1. The van der Waals surface area contributed by atoms with Gasteiger partial charge in [-0.2, -0.15) is 0 Å². The number of para-hydroxylation sites is 2. The van der Waals surface area contributed by atoms with Crippen molar-refractivity contribution in [3.63, 3.8) is 0 Å². The van der Waals surface area contributed by atoms with E-state index in [0.717, 1.165) is 11.8 Å². The monoisotopic (exact) mass is 464 g/mol. The highest BCUT2D eigenvalue weighted by atomic mass is 32.2. The van der Waals surface area contributed by atoms with Crippen LogP contribution in [0.3, 0.4) is 0 Å². The molecule has 2 aromatic rings. The van der Waals surface area contributed by atoms with E-state index in [1.165, 1.54) is 11.4 Å². The van der Waals surface area contributed by atoms with Crippen molar-refractivity contribution in [1.82, 2.24) is 5.32 Å². The molecule has 0 saturated heterocycles. The predicted molar refractivity (Wildman–Crippen MR) is 125 cm³/mol. The van der Waals surface area contributed by atoms with Crippen LogP contribution in [0.25, 0.3) is 0 Å². The summed E-state index contributed by atoms with van der Waals surface area (Å²) in [6.45, 7) is 5.36.